The number of benzene rings is 1. The molecule has 1 aromatic heterocycles. The van der Waals surface area contributed by atoms with E-state index in [4.69, 9.17) is 20.8 Å². The Labute approximate surface area is 171 Å². The van der Waals surface area contributed by atoms with Crippen LogP contribution in [0.4, 0.5) is 4.39 Å². The number of ketones is 1. The highest BCUT2D eigenvalue weighted by Crippen LogP contribution is 2.69. The van der Waals surface area contributed by atoms with Crippen LogP contribution in [0.1, 0.15) is 60.8 Å². The molecule has 2 aromatic rings. The Bertz CT molecular complexity index is 981. The largest absolute Gasteiger partial charge is 0.486 e. The van der Waals surface area contributed by atoms with Gasteiger partial charge < -0.3 is 14.5 Å². The third-order valence-corrected chi connectivity index (χ3v) is 6.37. The predicted octanol–water partition coefficient (Wildman–Crippen LogP) is 4.04. The van der Waals surface area contributed by atoms with E-state index < -0.39 is 5.82 Å². The standard InChI is InChI=1S/C21H20ClFN2O4/c22-15-4-3-14(5-16(15)23)28-7-13(26)6-20-9-21(10-20,11-20)25-18(27)17-8-29-19(24-17)12-1-2-12/h3-5,8,12H,1-2,6-7,9-11H2,(H,25,27). The molecule has 29 heavy (non-hydrogen) atoms. The number of Topliss-reactive ketones (excluding diaryl/α,β-unsaturated/α-hetero) is 1. The van der Waals surface area contributed by atoms with Gasteiger partial charge in [-0.2, -0.15) is 0 Å². The summed E-state index contributed by atoms with van der Waals surface area (Å²) < 4.78 is 24.2. The summed E-state index contributed by atoms with van der Waals surface area (Å²) in [5, 5.41) is 3.07. The maximum atomic E-state index is 13.4. The van der Waals surface area contributed by atoms with Crippen LogP contribution in [-0.4, -0.2) is 28.8 Å². The minimum atomic E-state index is -0.579. The number of amides is 1. The number of hydrogen-bond acceptors (Lipinski definition) is 5. The number of halogens is 2. The molecular weight excluding hydrogens is 399 g/mol. The molecule has 0 aliphatic heterocycles. The average molecular weight is 419 g/mol. The van der Waals surface area contributed by atoms with Crippen molar-refractivity contribution in [2.24, 2.45) is 5.41 Å². The second kappa shape index (κ2) is 6.55. The van der Waals surface area contributed by atoms with E-state index in [1.165, 1.54) is 24.5 Å². The summed E-state index contributed by atoms with van der Waals surface area (Å²) in [6.45, 7) is -0.106. The van der Waals surface area contributed by atoms with Gasteiger partial charge in [-0.25, -0.2) is 9.37 Å². The highest BCUT2D eigenvalue weighted by atomic mass is 35.5. The summed E-state index contributed by atoms with van der Waals surface area (Å²) in [6.07, 6.45) is 6.29. The number of hydrogen-bond donors (Lipinski definition) is 1. The Morgan fingerprint density at radius 2 is 2.07 bits per heavy atom. The molecule has 4 aliphatic rings. The van der Waals surface area contributed by atoms with E-state index in [0.717, 1.165) is 32.1 Å². The van der Waals surface area contributed by atoms with Crippen LogP contribution in [0.3, 0.4) is 0 Å². The molecule has 0 unspecified atom stereocenters. The second-order valence-electron chi connectivity index (χ2n) is 8.69. The van der Waals surface area contributed by atoms with Crippen molar-refractivity contribution < 1.29 is 23.1 Å². The Balaban J connectivity index is 1.08. The van der Waals surface area contributed by atoms with E-state index in [9.17, 15) is 14.0 Å². The first-order chi connectivity index (χ1) is 13.9. The van der Waals surface area contributed by atoms with Crippen LogP contribution in [0.25, 0.3) is 0 Å². The van der Waals surface area contributed by atoms with Crippen molar-refractivity contribution in [3.8, 4) is 5.75 Å². The topological polar surface area (TPSA) is 81.4 Å². The minimum Gasteiger partial charge on any atom is -0.486 e. The van der Waals surface area contributed by atoms with Crippen LogP contribution in [0.15, 0.2) is 28.9 Å². The van der Waals surface area contributed by atoms with E-state index >= 15 is 0 Å². The number of nitrogens with zero attached hydrogens (tertiary/aromatic N) is 1. The lowest BCUT2D eigenvalue weighted by molar-refractivity contribution is -0.162. The Hall–Kier alpha value is -2.41. The van der Waals surface area contributed by atoms with Crippen molar-refractivity contribution in [2.75, 3.05) is 6.61 Å². The number of rotatable bonds is 8. The monoisotopic (exact) mass is 418 g/mol. The summed E-state index contributed by atoms with van der Waals surface area (Å²) in [4.78, 5) is 29.0. The van der Waals surface area contributed by atoms with E-state index in [0.29, 0.717) is 23.9 Å². The molecule has 0 radical (unpaired) electrons. The molecule has 4 fully saturated rings. The number of oxazole rings is 1. The van der Waals surface area contributed by atoms with E-state index in [1.807, 2.05) is 0 Å². The predicted molar refractivity (Wildman–Crippen MR) is 101 cm³/mol. The van der Waals surface area contributed by atoms with E-state index in [2.05, 4.69) is 10.3 Å². The number of ether oxygens (including phenoxy) is 1. The molecule has 4 saturated carbocycles. The lowest BCUT2D eigenvalue weighted by Crippen LogP contribution is -2.75. The lowest BCUT2D eigenvalue weighted by atomic mass is 9.38. The molecule has 1 N–H and O–H groups in total. The lowest BCUT2D eigenvalue weighted by Gasteiger charge is -2.70. The highest BCUT2D eigenvalue weighted by molar-refractivity contribution is 6.30. The van der Waals surface area contributed by atoms with Gasteiger partial charge >= 0.3 is 0 Å². The van der Waals surface area contributed by atoms with Gasteiger partial charge in [0.1, 0.15) is 24.4 Å². The smallest absolute Gasteiger partial charge is 0.273 e. The molecule has 6 rings (SSSR count). The third kappa shape index (κ3) is 3.52. The summed E-state index contributed by atoms with van der Waals surface area (Å²) in [6, 6.07) is 4.09. The van der Waals surface area contributed by atoms with Gasteiger partial charge in [0, 0.05) is 23.9 Å². The summed E-state index contributed by atoms with van der Waals surface area (Å²) in [5.74, 6) is 0.464. The van der Waals surface area contributed by atoms with Crippen molar-refractivity contribution in [1.29, 1.82) is 0 Å². The molecule has 152 valence electrons. The van der Waals surface area contributed by atoms with Gasteiger partial charge in [-0.3, -0.25) is 9.59 Å². The van der Waals surface area contributed by atoms with Crippen LogP contribution < -0.4 is 10.1 Å². The van der Waals surface area contributed by atoms with E-state index in [-0.39, 0.29) is 40.0 Å². The fraction of sp³-hybridized carbons (Fsp3) is 0.476. The van der Waals surface area contributed by atoms with Crippen molar-refractivity contribution in [2.45, 2.75) is 50.0 Å². The van der Waals surface area contributed by atoms with Crippen LogP contribution in [0, 0.1) is 11.2 Å². The molecule has 8 heteroatoms. The molecule has 6 nitrogen and oxygen atoms in total. The van der Waals surface area contributed by atoms with Crippen molar-refractivity contribution in [1.82, 2.24) is 10.3 Å². The van der Waals surface area contributed by atoms with Crippen molar-refractivity contribution >= 4 is 23.3 Å². The third-order valence-electron chi connectivity index (χ3n) is 6.06. The van der Waals surface area contributed by atoms with Gasteiger partial charge in [-0.15, -0.1) is 0 Å². The molecule has 1 heterocycles. The zero-order valence-corrected chi connectivity index (χ0v) is 16.4. The molecular formula is C21H20ClFN2O4. The fourth-order valence-electron chi connectivity index (χ4n) is 4.73. The first-order valence-corrected chi connectivity index (χ1v) is 10.1. The number of carbonyl (C=O) groups excluding carboxylic acids is 2. The van der Waals surface area contributed by atoms with Gasteiger partial charge in [0.25, 0.3) is 5.91 Å². The zero-order chi connectivity index (χ0) is 20.2. The normalized spacial score (nSPS) is 27.0. The summed E-state index contributed by atoms with van der Waals surface area (Å²) in [7, 11) is 0. The number of carbonyl (C=O) groups is 2. The first kappa shape index (κ1) is 18.6. The van der Waals surface area contributed by atoms with Crippen molar-refractivity contribution in [3.63, 3.8) is 0 Å². The molecule has 4 aliphatic carbocycles. The van der Waals surface area contributed by atoms with Gasteiger partial charge in [-0.05, 0) is 49.7 Å². The van der Waals surface area contributed by atoms with E-state index in [1.54, 1.807) is 0 Å². The Kier molecular flexibility index (Phi) is 4.21. The zero-order valence-electron chi connectivity index (χ0n) is 15.7. The van der Waals surface area contributed by atoms with Crippen LogP contribution in [-0.2, 0) is 4.79 Å². The molecule has 0 saturated heterocycles. The SMILES string of the molecule is O=C(COc1ccc(Cl)c(F)c1)CC12CC(NC(=O)c3coc(C4CC4)n3)(C1)C2. The van der Waals surface area contributed by atoms with Crippen molar-refractivity contribution in [3.05, 3.63) is 46.9 Å². The number of nitrogens with one attached hydrogen (secondary N) is 1. The molecule has 1 amide bonds. The second-order valence-corrected chi connectivity index (χ2v) is 9.10. The Morgan fingerprint density at radius 3 is 2.76 bits per heavy atom. The van der Waals surface area contributed by atoms with Gasteiger partial charge in [0.2, 0.25) is 0 Å². The average Bonchev–Trinajstić information content (AvgIpc) is 3.36. The van der Waals surface area contributed by atoms with Gasteiger partial charge in [0.05, 0.1) is 5.02 Å². The molecule has 0 atom stereocenters. The molecule has 1 aromatic carbocycles. The summed E-state index contributed by atoms with van der Waals surface area (Å²) >= 11 is 5.63. The van der Waals surface area contributed by atoms with Crippen LogP contribution in [0.5, 0.6) is 5.75 Å². The molecule has 0 spiro atoms. The summed E-state index contributed by atoms with van der Waals surface area (Å²) in [5.41, 5.74) is 0.0448. The number of aromatic nitrogens is 1. The van der Waals surface area contributed by atoms with Gasteiger partial charge in [0.15, 0.2) is 17.4 Å². The van der Waals surface area contributed by atoms with Crippen LogP contribution >= 0.6 is 11.6 Å². The first-order valence-electron chi connectivity index (χ1n) is 9.73. The Morgan fingerprint density at radius 1 is 1.31 bits per heavy atom. The van der Waals surface area contributed by atoms with Gasteiger partial charge in [-0.1, -0.05) is 11.6 Å². The van der Waals surface area contributed by atoms with Crippen LogP contribution in [0.2, 0.25) is 5.02 Å². The molecule has 2 bridgehead atoms. The minimum absolute atomic E-state index is 0.0132. The quantitative estimate of drug-likeness (QED) is 0.699. The maximum absolute atomic E-state index is 13.4. The fourth-order valence-corrected chi connectivity index (χ4v) is 4.85. The maximum Gasteiger partial charge on any atom is 0.273 e. The highest BCUT2D eigenvalue weighted by Gasteiger charge is 2.68.